The van der Waals surface area contributed by atoms with Crippen molar-refractivity contribution >= 4 is 0 Å². The first-order valence-electron chi connectivity index (χ1n) is 6.16. The minimum absolute atomic E-state index is 0.447. The van der Waals surface area contributed by atoms with Gasteiger partial charge in [-0.15, -0.1) is 0 Å². The van der Waals surface area contributed by atoms with Crippen molar-refractivity contribution in [2.75, 3.05) is 6.61 Å². The van der Waals surface area contributed by atoms with Crippen LogP contribution in [0.25, 0.3) is 0 Å². The Morgan fingerprint density at radius 2 is 2.00 bits per heavy atom. The van der Waals surface area contributed by atoms with Gasteiger partial charge in [-0.3, -0.25) is 0 Å². The molecule has 0 radical (unpaired) electrons. The van der Waals surface area contributed by atoms with E-state index in [1.165, 1.54) is 5.56 Å². The Kier molecular flexibility index (Phi) is 3.49. The number of para-hydroxylation sites is 1. The van der Waals surface area contributed by atoms with E-state index in [1.54, 1.807) is 0 Å². The van der Waals surface area contributed by atoms with Crippen LogP contribution < -0.4 is 10.1 Å². The van der Waals surface area contributed by atoms with Gasteiger partial charge in [-0.05, 0) is 18.9 Å². The Hall–Kier alpha value is -1.02. The molecule has 1 aromatic rings. The molecule has 0 aromatic heterocycles. The molecule has 2 atom stereocenters. The van der Waals surface area contributed by atoms with Crippen molar-refractivity contribution in [1.29, 1.82) is 0 Å². The second-order valence-corrected chi connectivity index (χ2v) is 4.93. The first-order chi connectivity index (χ1) is 7.68. The molecular formula is C14H21NO. The third-order valence-electron chi connectivity index (χ3n) is 3.42. The predicted molar refractivity (Wildman–Crippen MR) is 66.7 cm³/mol. The largest absolute Gasteiger partial charge is 0.493 e. The number of rotatable bonds is 3. The van der Waals surface area contributed by atoms with Crippen LogP contribution in [0.4, 0.5) is 0 Å². The molecule has 0 saturated carbocycles. The molecule has 1 heterocycles. The van der Waals surface area contributed by atoms with E-state index in [4.69, 9.17) is 4.74 Å². The van der Waals surface area contributed by atoms with Crippen molar-refractivity contribution in [3.05, 3.63) is 29.8 Å². The average Bonchev–Trinajstić information content (AvgIpc) is 2.29. The van der Waals surface area contributed by atoms with Gasteiger partial charge in [-0.25, -0.2) is 0 Å². The number of nitrogens with one attached hydrogen (secondary N) is 1. The Balaban J connectivity index is 2.13. The van der Waals surface area contributed by atoms with Crippen molar-refractivity contribution in [3.8, 4) is 5.75 Å². The van der Waals surface area contributed by atoms with E-state index in [2.05, 4.69) is 44.3 Å². The van der Waals surface area contributed by atoms with E-state index in [0.29, 0.717) is 18.0 Å². The Bertz CT molecular complexity index is 348. The van der Waals surface area contributed by atoms with Gasteiger partial charge in [-0.2, -0.15) is 0 Å². The average molecular weight is 219 g/mol. The van der Waals surface area contributed by atoms with E-state index in [1.807, 2.05) is 6.07 Å². The molecule has 1 aromatic carbocycles. The molecular weight excluding hydrogens is 198 g/mol. The molecule has 88 valence electrons. The summed E-state index contributed by atoms with van der Waals surface area (Å²) in [6.45, 7) is 7.58. The lowest BCUT2D eigenvalue weighted by atomic mass is 9.97. The number of benzene rings is 1. The van der Waals surface area contributed by atoms with Crippen molar-refractivity contribution in [2.45, 2.75) is 39.3 Å². The zero-order valence-corrected chi connectivity index (χ0v) is 10.4. The lowest BCUT2D eigenvalue weighted by molar-refractivity contribution is 0.237. The molecule has 2 nitrogen and oxygen atoms in total. The minimum Gasteiger partial charge on any atom is -0.493 e. The van der Waals surface area contributed by atoms with Gasteiger partial charge in [-0.1, -0.05) is 32.0 Å². The topological polar surface area (TPSA) is 21.3 Å². The molecule has 0 amide bonds. The summed E-state index contributed by atoms with van der Waals surface area (Å²) in [6, 6.07) is 9.33. The standard InChI is InChI=1S/C14H21NO/c1-10(2)11(3)15-13-8-9-16-14-7-5-4-6-12(13)14/h4-7,10-11,13,15H,8-9H2,1-3H3/t11-,13-/m1/s1. The molecule has 1 aliphatic heterocycles. The first kappa shape index (κ1) is 11.5. The van der Waals surface area contributed by atoms with Gasteiger partial charge in [0.05, 0.1) is 6.61 Å². The zero-order chi connectivity index (χ0) is 11.5. The molecule has 16 heavy (non-hydrogen) atoms. The fourth-order valence-electron chi connectivity index (χ4n) is 2.02. The van der Waals surface area contributed by atoms with E-state index >= 15 is 0 Å². The smallest absolute Gasteiger partial charge is 0.124 e. The Morgan fingerprint density at radius 1 is 1.25 bits per heavy atom. The summed E-state index contributed by atoms with van der Waals surface area (Å²) in [5, 5.41) is 3.69. The predicted octanol–water partition coefficient (Wildman–Crippen LogP) is 3.14. The van der Waals surface area contributed by atoms with Gasteiger partial charge in [0, 0.05) is 24.1 Å². The number of hydrogen-bond donors (Lipinski definition) is 1. The minimum atomic E-state index is 0.447. The van der Waals surface area contributed by atoms with Crippen LogP contribution in [-0.2, 0) is 0 Å². The van der Waals surface area contributed by atoms with E-state index in [0.717, 1.165) is 18.8 Å². The molecule has 0 unspecified atom stereocenters. The highest BCUT2D eigenvalue weighted by Crippen LogP contribution is 2.32. The maximum atomic E-state index is 5.66. The molecule has 0 spiro atoms. The van der Waals surface area contributed by atoms with Crippen LogP contribution in [-0.4, -0.2) is 12.6 Å². The summed E-state index contributed by atoms with van der Waals surface area (Å²) >= 11 is 0. The summed E-state index contributed by atoms with van der Waals surface area (Å²) in [4.78, 5) is 0. The van der Waals surface area contributed by atoms with Gasteiger partial charge in [0.15, 0.2) is 0 Å². The number of hydrogen-bond acceptors (Lipinski definition) is 2. The van der Waals surface area contributed by atoms with Gasteiger partial charge in [0.2, 0.25) is 0 Å². The summed E-state index contributed by atoms with van der Waals surface area (Å²) in [5.41, 5.74) is 1.31. The Labute approximate surface area is 98.0 Å². The van der Waals surface area contributed by atoms with Crippen LogP contribution in [0.15, 0.2) is 24.3 Å². The highest BCUT2D eigenvalue weighted by Gasteiger charge is 2.22. The number of ether oxygens (including phenoxy) is 1. The summed E-state index contributed by atoms with van der Waals surface area (Å²) in [7, 11) is 0. The van der Waals surface area contributed by atoms with Gasteiger partial charge < -0.3 is 10.1 Å². The SMILES string of the molecule is CC(C)[C@@H](C)N[C@@H]1CCOc2ccccc21. The van der Waals surface area contributed by atoms with Gasteiger partial charge in [0.25, 0.3) is 0 Å². The summed E-state index contributed by atoms with van der Waals surface area (Å²) < 4.78 is 5.66. The lowest BCUT2D eigenvalue weighted by Crippen LogP contribution is -2.36. The molecule has 2 heteroatoms. The van der Waals surface area contributed by atoms with Crippen LogP contribution in [0.1, 0.15) is 38.8 Å². The maximum absolute atomic E-state index is 5.66. The van der Waals surface area contributed by atoms with Crippen LogP contribution in [0.2, 0.25) is 0 Å². The fraction of sp³-hybridized carbons (Fsp3) is 0.571. The normalized spacial score (nSPS) is 21.4. The quantitative estimate of drug-likeness (QED) is 0.843. The molecule has 0 aliphatic carbocycles. The molecule has 0 fully saturated rings. The third kappa shape index (κ3) is 2.38. The third-order valence-corrected chi connectivity index (χ3v) is 3.42. The van der Waals surface area contributed by atoms with E-state index < -0.39 is 0 Å². The van der Waals surface area contributed by atoms with Crippen molar-refractivity contribution in [2.24, 2.45) is 5.92 Å². The van der Waals surface area contributed by atoms with Crippen LogP contribution in [0, 0.1) is 5.92 Å². The van der Waals surface area contributed by atoms with Crippen molar-refractivity contribution in [1.82, 2.24) is 5.32 Å². The first-order valence-corrected chi connectivity index (χ1v) is 6.16. The monoisotopic (exact) mass is 219 g/mol. The van der Waals surface area contributed by atoms with Crippen LogP contribution in [0.3, 0.4) is 0 Å². The molecule has 0 saturated heterocycles. The van der Waals surface area contributed by atoms with Crippen LogP contribution in [0.5, 0.6) is 5.75 Å². The summed E-state index contributed by atoms with van der Waals surface area (Å²) in [5.74, 6) is 1.71. The lowest BCUT2D eigenvalue weighted by Gasteiger charge is -2.30. The second-order valence-electron chi connectivity index (χ2n) is 4.93. The van der Waals surface area contributed by atoms with Crippen LogP contribution >= 0.6 is 0 Å². The molecule has 2 rings (SSSR count). The molecule has 1 N–H and O–H groups in total. The van der Waals surface area contributed by atoms with Crippen molar-refractivity contribution in [3.63, 3.8) is 0 Å². The van der Waals surface area contributed by atoms with E-state index in [9.17, 15) is 0 Å². The van der Waals surface area contributed by atoms with E-state index in [-0.39, 0.29) is 0 Å². The van der Waals surface area contributed by atoms with Gasteiger partial charge >= 0.3 is 0 Å². The molecule has 1 aliphatic rings. The molecule has 0 bridgehead atoms. The summed E-state index contributed by atoms with van der Waals surface area (Å²) in [6.07, 6.45) is 1.06. The Morgan fingerprint density at radius 3 is 2.75 bits per heavy atom. The number of fused-ring (bicyclic) bond motifs is 1. The second kappa shape index (κ2) is 4.88. The maximum Gasteiger partial charge on any atom is 0.124 e. The fourth-order valence-corrected chi connectivity index (χ4v) is 2.02. The van der Waals surface area contributed by atoms with Gasteiger partial charge in [0.1, 0.15) is 5.75 Å². The van der Waals surface area contributed by atoms with Crippen molar-refractivity contribution < 1.29 is 4.74 Å². The highest BCUT2D eigenvalue weighted by atomic mass is 16.5. The highest BCUT2D eigenvalue weighted by molar-refractivity contribution is 5.37. The zero-order valence-electron chi connectivity index (χ0n) is 10.4.